The van der Waals surface area contributed by atoms with Gasteiger partial charge in [0.25, 0.3) is 0 Å². The van der Waals surface area contributed by atoms with Crippen molar-refractivity contribution in [2.75, 3.05) is 0 Å². The topological polar surface area (TPSA) is 0 Å². The highest BCUT2D eigenvalue weighted by Crippen LogP contribution is 2.53. The Morgan fingerprint density at radius 3 is 1.85 bits per heavy atom. The molecule has 140 valence electrons. The van der Waals surface area contributed by atoms with E-state index in [-0.39, 0.29) is 21.7 Å². The Morgan fingerprint density at radius 2 is 1.27 bits per heavy atom. The van der Waals surface area contributed by atoms with Gasteiger partial charge in [-0.25, -0.2) is 0 Å². The Hall–Kier alpha value is -1.56. The van der Waals surface area contributed by atoms with Crippen LogP contribution < -0.4 is 0 Å². The van der Waals surface area contributed by atoms with Crippen molar-refractivity contribution < 1.29 is 0 Å². The van der Waals surface area contributed by atoms with Gasteiger partial charge in [-0.05, 0) is 50.5 Å². The molecular formula is C26H36. The van der Waals surface area contributed by atoms with Crippen LogP contribution in [0.2, 0.25) is 0 Å². The second-order valence-electron chi connectivity index (χ2n) is 11.2. The molecule has 0 spiro atoms. The minimum absolute atomic E-state index is 0.0708. The molecule has 1 aliphatic rings. The summed E-state index contributed by atoms with van der Waals surface area (Å²) >= 11 is 0. The maximum absolute atomic E-state index is 2.49. The smallest absolute Gasteiger partial charge is 0.0186 e. The van der Waals surface area contributed by atoms with Gasteiger partial charge in [0, 0.05) is 5.41 Å². The zero-order chi connectivity index (χ0) is 19.5. The van der Waals surface area contributed by atoms with E-state index in [4.69, 9.17) is 0 Å². The van der Waals surface area contributed by atoms with Crippen LogP contribution in [0.15, 0.2) is 42.5 Å². The van der Waals surface area contributed by atoms with E-state index in [9.17, 15) is 0 Å². The highest BCUT2D eigenvalue weighted by atomic mass is 14.5. The van der Waals surface area contributed by atoms with Crippen molar-refractivity contribution in [3.63, 3.8) is 0 Å². The minimum atomic E-state index is 0.0708. The van der Waals surface area contributed by atoms with Gasteiger partial charge in [-0.3, -0.25) is 0 Å². The van der Waals surface area contributed by atoms with Crippen molar-refractivity contribution in [1.82, 2.24) is 0 Å². The lowest BCUT2D eigenvalue weighted by Crippen LogP contribution is -2.24. The van der Waals surface area contributed by atoms with E-state index in [1.165, 1.54) is 27.8 Å². The molecule has 0 saturated carbocycles. The first-order valence-electron chi connectivity index (χ1n) is 10.0. The lowest BCUT2D eigenvalue weighted by molar-refractivity contribution is 0.424. The van der Waals surface area contributed by atoms with Gasteiger partial charge in [-0.15, -0.1) is 0 Å². The largest absolute Gasteiger partial charge is 0.0617 e. The zero-order valence-corrected chi connectivity index (χ0v) is 18.2. The molecule has 0 amide bonds. The Labute approximate surface area is 161 Å². The second-order valence-corrected chi connectivity index (χ2v) is 11.2. The average Bonchev–Trinajstić information content (AvgIpc) is 2.73. The molecule has 0 bridgehead atoms. The third-order valence-corrected chi connectivity index (χ3v) is 6.37. The van der Waals surface area contributed by atoms with Gasteiger partial charge in [0.05, 0.1) is 0 Å². The van der Waals surface area contributed by atoms with Gasteiger partial charge >= 0.3 is 0 Å². The van der Waals surface area contributed by atoms with Crippen molar-refractivity contribution >= 4 is 0 Å². The molecule has 0 N–H and O–H groups in total. The molecule has 1 aliphatic carbocycles. The van der Waals surface area contributed by atoms with Crippen LogP contribution in [-0.2, 0) is 21.7 Å². The van der Waals surface area contributed by atoms with E-state index >= 15 is 0 Å². The molecule has 0 heteroatoms. The molecule has 0 aromatic heterocycles. The van der Waals surface area contributed by atoms with Crippen molar-refractivity contribution in [2.45, 2.75) is 90.4 Å². The van der Waals surface area contributed by atoms with Crippen LogP contribution in [0.4, 0.5) is 0 Å². The maximum Gasteiger partial charge on any atom is 0.0186 e. The van der Waals surface area contributed by atoms with E-state index < -0.39 is 0 Å². The number of rotatable bonds is 1. The van der Waals surface area contributed by atoms with E-state index in [2.05, 4.69) is 105 Å². The lowest BCUT2D eigenvalue weighted by atomic mass is 9.73. The van der Waals surface area contributed by atoms with Crippen LogP contribution in [0, 0.1) is 0 Å². The van der Waals surface area contributed by atoms with Crippen molar-refractivity contribution in [3.8, 4) is 0 Å². The molecule has 26 heavy (non-hydrogen) atoms. The summed E-state index contributed by atoms with van der Waals surface area (Å²) in [4.78, 5) is 0. The number of benzene rings is 2. The maximum atomic E-state index is 2.49. The molecule has 3 rings (SSSR count). The fraction of sp³-hybridized carbons (Fsp3) is 0.538. The summed E-state index contributed by atoms with van der Waals surface area (Å²) in [5.74, 6) is 0. The normalized spacial score (nSPS) is 22.3. The molecule has 2 aromatic rings. The van der Waals surface area contributed by atoms with Gasteiger partial charge in [0.1, 0.15) is 0 Å². The molecule has 0 heterocycles. The summed E-state index contributed by atoms with van der Waals surface area (Å²) in [5, 5.41) is 0. The highest BCUT2D eigenvalue weighted by molar-refractivity contribution is 5.54. The number of fused-ring (bicyclic) bond motifs is 1. The predicted molar refractivity (Wildman–Crippen MR) is 114 cm³/mol. The standard InChI is InChI=1S/C26H36/c1-23(2,3)18-11-10-12-20(15-18)26(9)17-25(7,8)21-14-13-19(16-22(21)26)24(4,5)6/h10-16H,17H2,1-9H3. The van der Waals surface area contributed by atoms with E-state index in [0.717, 1.165) is 6.42 Å². The summed E-state index contributed by atoms with van der Waals surface area (Å²) in [6.07, 6.45) is 1.16. The predicted octanol–water partition coefficient (Wildman–Crippen LogP) is 7.27. The van der Waals surface area contributed by atoms with Crippen molar-refractivity contribution in [2.24, 2.45) is 0 Å². The first-order valence-corrected chi connectivity index (χ1v) is 10.0. The average molecular weight is 349 g/mol. The van der Waals surface area contributed by atoms with Crippen molar-refractivity contribution in [3.05, 3.63) is 70.3 Å². The number of hydrogen-bond donors (Lipinski definition) is 0. The summed E-state index contributed by atoms with van der Waals surface area (Å²) in [5.41, 5.74) is 8.01. The SMILES string of the molecule is CC(C)(C)c1cccc(C2(C)CC(C)(C)c3ccc(C(C)(C)C)cc32)c1. The third-order valence-electron chi connectivity index (χ3n) is 6.37. The molecular weight excluding hydrogens is 312 g/mol. The van der Waals surface area contributed by atoms with Crippen LogP contribution in [0.25, 0.3) is 0 Å². The molecule has 0 aliphatic heterocycles. The zero-order valence-electron chi connectivity index (χ0n) is 18.2. The minimum Gasteiger partial charge on any atom is -0.0617 e. The Bertz CT molecular complexity index is 824. The molecule has 1 unspecified atom stereocenters. The van der Waals surface area contributed by atoms with Crippen LogP contribution in [0.1, 0.15) is 96.6 Å². The van der Waals surface area contributed by atoms with E-state index in [1.54, 1.807) is 0 Å². The first-order chi connectivity index (χ1) is 11.7. The number of hydrogen-bond acceptors (Lipinski definition) is 0. The molecule has 0 saturated heterocycles. The van der Waals surface area contributed by atoms with Crippen LogP contribution in [0.3, 0.4) is 0 Å². The molecule has 0 fully saturated rings. The highest BCUT2D eigenvalue weighted by Gasteiger charge is 2.46. The molecule has 0 nitrogen and oxygen atoms in total. The summed E-state index contributed by atoms with van der Waals surface area (Å²) in [6, 6.07) is 16.6. The van der Waals surface area contributed by atoms with Gasteiger partial charge < -0.3 is 0 Å². The Morgan fingerprint density at radius 1 is 0.692 bits per heavy atom. The molecule has 2 aromatic carbocycles. The van der Waals surface area contributed by atoms with Crippen LogP contribution in [0.5, 0.6) is 0 Å². The van der Waals surface area contributed by atoms with Gasteiger partial charge in [0.15, 0.2) is 0 Å². The summed E-state index contributed by atoms with van der Waals surface area (Å²) < 4.78 is 0. The van der Waals surface area contributed by atoms with Crippen LogP contribution in [-0.4, -0.2) is 0 Å². The summed E-state index contributed by atoms with van der Waals surface area (Å²) in [7, 11) is 0. The monoisotopic (exact) mass is 348 g/mol. The summed E-state index contributed by atoms with van der Waals surface area (Å²) in [6.45, 7) is 21.1. The van der Waals surface area contributed by atoms with E-state index in [0.29, 0.717) is 0 Å². The molecule has 0 radical (unpaired) electrons. The third kappa shape index (κ3) is 3.13. The Balaban J connectivity index is 2.22. The molecule has 1 atom stereocenters. The fourth-order valence-corrected chi connectivity index (χ4v) is 4.72. The quantitative estimate of drug-likeness (QED) is 0.508. The first kappa shape index (κ1) is 19.2. The van der Waals surface area contributed by atoms with Gasteiger partial charge in [-0.2, -0.15) is 0 Å². The lowest BCUT2D eigenvalue weighted by Gasteiger charge is -2.31. The second kappa shape index (κ2) is 5.72. The fourth-order valence-electron chi connectivity index (χ4n) is 4.72. The van der Waals surface area contributed by atoms with Gasteiger partial charge in [0.2, 0.25) is 0 Å². The van der Waals surface area contributed by atoms with E-state index in [1.807, 2.05) is 0 Å². The van der Waals surface area contributed by atoms with Crippen molar-refractivity contribution in [1.29, 1.82) is 0 Å². The van der Waals surface area contributed by atoms with Crippen LogP contribution >= 0.6 is 0 Å². The van der Waals surface area contributed by atoms with Gasteiger partial charge in [-0.1, -0.05) is 105 Å². The Kier molecular flexibility index (Phi) is 4.22.